The van der Waals surface area contributed by atoms with E-state index in [1.54, 1.807) is 0 Å². The summed E-state index contributed by atoms with van der Waals surface area (Å²) in [6.07, 6.45) is 8.62. The van der Waals surface area contributed by atoms with Gasteiger partial charge in [-0.15, -0.1) is 0 Å². The Kier molecular flexibility index (Phi) is 7.25. The molecule has 1 amide bonds. The number of hydrogen-bond acceptors (Lipinski definition) is 2. The van der Waals surface area contributed by atoms with Crippen LogP contribution in [0.3, 0.4) is 0 Å². The maximum atomic E-state index is 11.8. The third-order valence-electron chi connectivity index (χ3n) is 3.77. The zero-order valence-corrected chi connectivity index (χ0v) is 11.1. The summed E-state index contributed by atoms with van der Waals surface area (Å²) >= 11 is 0. The molecule has 0 aliphatic heterocycles. The van der Waals surface area contributed by atoms with E-state index in [-0.39, 0.29) is 18.4 Å². The molecule has 0 aromatic heterocycles. The van der Waals surface area contributed by atoms with E-state index in [4.69, 9.17) is 5.11 Å². The Morgan fingerprint density at radius 1 is 1.12 bits per heavy atom. The van der Waals surface area contributed by atoms with Crippen LogP contribution in [0, 0.1) is 11.8 Å². The highest BCUT2D eigenvalue weighted by Gasteiger charge is 2.23. The summed E-state index contributed by atoms with van der Waals surface area (Å²) in [5.74, 6) is 1.33. The third kappa shape index (κ3) is 6.06. The molecule has 3 heteroatoms. The molecule has 0 spiro atoms. The lowest BCUT2D eigenvalue weighted by molar-refractivity contribution is -0.126. The van der Waals surface area contributed by atoms with Crippen LogP contribution in [-0.4, -0.2) is 24.2 Å². The van der Waals surface area contributed by atoms with E-state index in [2.05, 4.69) is 12.2 Å². The molecule has 17 heavy (non-hydrogen) atoms. The molecule has 0 aromatic rings. The maximum Gasteiger partial charge on any atom is 0.223 e. The highest BCUT2D eigenvalue weighted by atomic mass is 16.2. The van der Waals surface area contributed by atoms with Gasteiger partial charge < -0.3 is 10.4 Å². The molecular formula is C14H27NO2. The van der Waals surface area contributed by atoms with Gasteiger partial charge in [-0.3, -0.25) is 4.79 Å². The molecule has 0 unspecified atom stereocenters. The zero-order valence-electron chi connectivity index (χ0n) is 11.1. The van der Waals surface area contributed by atoms with Gasteiger partial charge in [-0.25, -0.2) is 0 Å². The Morgan fingerprint density at radius 3 is 2.41 bits per heavy atom. The predicted molar refractivity (Wildman–Crippen MR) is 69.7 cm³/mol. The average Bonchev–Trinajstić information content (AvgIpc) is 2.34. The number of hydrogen-bond donors (Lipinski definition) is 2. The number of amides is 1. The molecule has 0 radical (unpaired) electrons. The van der Waals surface area contributed by atoms with Crippen LogP contribution in [0.1, 0.15) is 58.3 Å². The fourth-order valence-electron chi connectivity index (χ4n) is 2.47. The van der Waals surface area contributed by atoms with Crippen LogP contribution in [0.2, 0.25) is 0 Å². The molecule has 0 saturated heterocycles. The molecule has 1 aliphatic carbocycles. The Balaban J connectivity index is 2.01. The number of nitrogens with one attached hydrogen (secondary N) is 1. The van der Waals surface area contributed by atoms with E-state index in [0.29, 0.717) is 0 Å². The van der Waals surface area contributed by atoms with Crippen LogP contribution in [0.25, 0.3) is 0 Å². The lowest BCUT2D eigenvalue weighted by Crippen LogP contribution is -2.33. The minimum atomic E-state index is 0.263. The van der Waals surface area contributed by atoms with Crippen molar-refractivity contribution in [2.75, 3.05) is 13.2 Å². The normalized spacial score (nSPS) is 24.6. The van der Waals surface area contributed by atoms with Crippen molar-refractivity contribution >= 4 is 5.91 Å². The molecule has 1 saturated carbocycles. The molecule has 1 fully saturated rings. The standard InChI is InChI=1S/C14H27NO2/c1-12-6-8-13(9-7-12)14(17)15-10-4-2-3-5-11-16/h12-13,16H,2-11H2,1H3,(H,15,17). The van der Waals surface area contributed by atoms with Gasteiger partial charge in [0.25, 0.3) is 0 Å². The highest BCUT2D eigenvalue weighted by molar-refractivity contribution is 5.78. The first-order valence-corrected chi connectivity index (χ1v) is 7.12. The number of aliphatic hydroxyl groups excluding tert-OH is 1. The van der Waals surface area contributed by atoms with Gasteiger partial charge in [0.2, 0.25) is 5.91 Å². The summed E-state index contributed by atoms with van der Waals surface area (Å²) in [6.45, 7) is 3.36. The van der Waals surface area contributed by atoms with Crippen molar-refractivity contribution in [3.63, 3.8) is 0 Å². The van der Waals surface area contributed by atoms with Gasteiger partial charge in [-0.1, -0.05) is 19.8 Å². The van der Waals surface area contributed by atoms with Crippen LogP contribution in [0.5, 0.6) is 0 Å². The smallest absolute Gasteiger partial charge is 0.223 e. The molecule has 1 aliphatic rings. The van der Waals surface area contributed by atoms with E-state index in [0.717, 1.165) is 51.0 Å². The van der Waals surface area contributed by atoms with Crippen LogP contribution in [-0.2, 0) is 4.79 Å². The monoisotopic (exact) mass is 241 g/mol. The number of unbranched alkanes of at least 4 members (excludes halogenated alkanes) is 3. The first-order chi connectivity index (χ1) is 8.24. The van der Waals surface area contributed by atoms with Gasteiger partial charge in [-0.05, 0) is 44.4 Å². The van der Waals surface area contributed by atoms with Crippen molar-refractivity contribution in [2.24, 2.45) is 11.8 Å². The first-order valence-electron chi connectivity index (χ1n) is 7.12. The van der Waals surface area contributed by atoms with Crippen LogP contribution in [0.15, 0.2) is 0 Å². The second-order valence-electron chi connectivity index (χ2n) is 5.39. The number of carbonyl (C=O) groups excluding carboxylic acids is 1. The van der Waals surface area contributed by atoms with E-state index in [1.807, 2.05) is 0 Å². The molecule has 0 bridgehead atoms. The van der Waals surface area contributed by atoms with Gasteiger partial charge >= 0.3 is 0 Å². The van der Waals surface area contributed by atoms with E-state index in [1.165, 1.54) is 12.8 Å². The van der Waals surface area contributed by atoms with Crippen molar-refractivity contribution in [1.29, 1.82) is 0 Å². The fourth-order valence-corrected chi connectivity index (χ4v) is 2.47. The molecule has 3 nitrogen and oxygen atoms in total. The Hall–Kier alpha value is -0.570. The van der Waals surface area contributed by atoms with Crippen molar-refractivity contribution < 1.29 is 9.90 Å². The summed E-state index contributed by atoms with van der Waals surface area (Å²) < 4.78 is 0. The third-order valence-corrected chi connectivity index (χ3v) is 3.77. The van der Waals surface area contributed by atoms with E-state index >= 15 is 0 Å². The van der Waals surface area contributed by atoms with Crippen molar-refractivity contribution in [2.45, 2.75) is 58.3 Å². The molecular weight excluding hydrogens is 214 g/mol. The van der Waals surface area contributed by atoms with Crippen LogP contribution < -0.4 is 5.32 Å². The first kappa shape index (κ1) is 14.5. The SMILES string of the molecule is CC1CCC(C(=O)NCCCCCCO)CC1. The molecule has 100 valence electrons. The quantitative estimate of drug-likeness (QED) is 0.673. The molecule has 0 atom stereocenters. The second-order valence-corrected chi connectivity index (χ2v) is 5.39. The lowest BCUT2D eigenvalue weighted by Gasteiger charge is -2.25. The van der Waals surface area contributed by atoms with Gasteiger partial charge in [0.15, 0.2) is 0 Å². The Morgan fingerprint density at radius 2 is 1.76 bits per heavy atom. The van der Waals surface area contributed by atoms with E-state index in [9.17, 15) is 4.79 Å². The van der Waals surface area contributed by atoms with Crippen LogP contribution >= 0.6 is 0 Å². The van der Waals surface area contributed by atoms with Gasteiger partial charge in [0.1, 0.15) is 0 Å². The summed E-state index contributed by atoms with van der Waals surface area (Å²) in [4.78, 5) is 11.8. The molecule has 0 aromatic carbocycles. The largest absolute Gasteiger partial charge is 0.396 e. The summed E-state index contributed by atoms with van der Waals surface area (Å²) in [6, 6.07) is 0. The molecule has 2 N–H and O–H groups in total. The number of rotatable bonds is 7. The Bertz CT molecular complexity index is 210. The minimum Gasteiger partial charge on any atom is -0.396 e. The molecule has 0 heterocycles. The fraction of sp³-hybridized carbons (Fsp3) is 0.929. The van der Waals surface area contributed by atoms with Crippen molar-refractivity contribution in [3.05, 3.63) is 0 Å². The van der Waals surface area contributed by atoms with Crippen molar-refractivity contribution in [3.8, 4) is 0 Å². The number of carbonyl (C=O) groups is 1. The number of aliphatic hydroxyl groups is 1. The van der Waals surface area contributed by atoms with Gasteiger partial charge in [0.05, 0.1) is 0 Å². The summed E-state index contributed by atoms with van der Waals surface area (Å²) in [5.41, 5.74) is 0. The molecule has 1 rings (SSSR count). The maximum absolute atomic E-state index is 11.8. The lowest BCUT2D eigenvalue weighted by atomic mass is 9.82. The Labute approximate surface area is 105 Å². The van der Waals surface area contributed by atoms with Gasteiger partial charge in [0, 0.05) is 19.1 Å². The minimum absolute atomic E-state index is 0.263. The summed E-state index contributed by atoms with van der Waals surface area (Å²) in [7, 11) is 0. The van der Waals surface area contributed by atoms with E-state index < -0.39 is 0 Å². The van der Waals surface area contributed by atoms with Gasteiger partial charge in [-0.2, -0.15) is 0 Å². The average molecular weight is 241 g/mol. The highest BCUT2D eigenvalue weighted by Crippen LogP contribution is 2.28. The topological polar surface area (TPSA) is 49.3 Å². The summed E-state index contributed by atoms with van der Waals surface area (Å²) in [5, 5.41) is 11.7. The predicted octanol–water partition coefficient (Wildman–Crippen LogP) is 2.48. The zero-order chi connectivity index (χ0) is 12.5. The van der Waals surface area contributed by atoms with Crippen molar-refractivity contribution in [1.82, 2.24) is 5.32 Å². The van der Waals surface area contributed by atoms with Crippen LogP contribution in [0.4, 0.5) is 0 Å². The second kappa shape index (κ2) is 8.51.